The van der Waals surface area contributed by atoms with Gasteiger partial charge < -0.3 is 15.0 Å². The Kier molecular flexibility index (Phi) is 9.52. The summed E-state index contributed by atoms with van der Waals surface area (Å²) < 4.78 is 34.3. The van der Waals surface area contributed by atoms with Gasteiger partial charge in [-0.15, -0.1) is 0 Å². The van der Waals surface area contributed by atoms with Gasteiger partial charge in [0.2, 0.25) is 11.8 Å². The number of likely N-dealkylation sites (N-methyl/N-ethyl adjacent to an activating group) is 1. The second-order valence-corrected chi connectivity index (χ2v) is 10.9. The van der Waals surface area contributed by atoms with Crippen LogP contribution in [0.2, 0.25) is 0 Å². The minimum absolute atomic E-state index is 0.0452. The third kappa shape index (κ3) is 6.72. The molecule has 1 N–H and O–H groups in total. The van der Waals surface area contributed by atoms with E-state index in [1.54, 1.807) is 50.2 Å². The van der Waals surface area contributed by atoms with E-state index in [0.717, 1.165) is 21.0 Å². The number of ether oxygens (including phenoxy) is 1. The molecule has 9 heteroatoms. The maximum atomic E-state index is 13.9. The van der Waals surface area contributed by atoms with Crippen molar-refractivity contribution in [3.8, 4) is 5.75 Å². The number of hydrogen-bond donors (Lipinski definition) is 1. The maximum Gasteiger partial charge on any atom is 0.264 e. The van der Waals surface area contributed by atoms with E-state index in [-0.39, 0.29) is 23.0 Å². The second-order valence-electron chi connectivity index (χ2n) is 9.08. The average Bonchev–Trinajstić information content (AvgIpc) is 2.90. The molecule has 3 rings (SSSR count). The number of carbonyl (C=O) groups is 2. The van der Waals surface area contributed by atoms with Crippen molar-refractivity contribution in [3.05, 3.63) is 89.5 Å². The maximum absolute atomic E-state index is 13.9. The van der Waals surface area contributed by atoms with Crippen molar-refractivity contribution in [1.82, 2.24) is 10.2 Å². The molecular formula is C29H35N3O5S. The lowest BCUT2D eigenvalue weighted by Gasteiger charge is -2.32. The molecule has 1 atom stereocenters. The van der Waals surface area contributed by atoms with Crippen LogP contribution in [0, 0.1) is 13.8 Å². The van der Waals surface area contributed by atoms with Crippen LogP contribution in [0.5, 0.6) is 5.75 Å². The van der Waals surface area contributed by atoms with Gasteiger partial charge in [0.1, 0.15) is 18.3 Å². The number of para-hydroxylation sites is 2. The predicted octanol–water partition coefficient (Wildman–Crippen LogP) is 4.06. The number of benzene rings is 3. The van der Waals surface area contributed by atoms with Gasteiger partial charge in [-0.2, -0.15) is 0 Å². The monoisotopic (exact) mass is 537 g/mol. The van der Waals surface area contributed by atoms with E-state index in [9.17, 15) is 18.0 Å². The van der Waals surface area contributed by atoms with E-state index in [1.165, 1.54) is 24.1 Å². The summed E-state index contributed by atoms with van der Waals surface area (Å²) in [5.74, 6) is -0.538. The zero-order valence-electron chi connectivity index (χ0n) is 22.5. The molecule has 0 saturated carbocycles. The molecule has 38 heavy (non-hydrogen) atoms. The number of nitrogens with zero attached hydrogens (tertiary/aromatic N) is 2. The lowest BCUT2D eigenvalue weighted by atomic mass is 10.1. The Morgan fingerprint density at radius 1 is 0.947 bits per heavy atom. The summed E-state index contributed by atoms with van der Waals surface area (Å²) in [6.07, 6.45) is 0. The van der Waals surface area contributed by atoms with Crippen molar-refractivity contribution in [2.75, 3.05) is 24.5 Å². The van der Waals surface area contributed by atoms with Gasteiger partial charge in [-0.25, -0.2) is 8.42 Å². The summed E-state index contributed by atoms with van der Waals surface area (Å²) in [4.78, 5) is 28.1. The Morgan fingerprint density at radius 3 is 2.26 bits per heavy atom. The Labute approximate surface area is 225 Å². The minimum atomic E-state index is -4.16. The minimum Gasteiger partial charge on any atom is -0.495 e. The van der Waals surface area contributed by atoms with Crippen molar-refractivity contribution >= 4 is 27.5 Å². The van der Waals surface area contributed by atoms with Crippen LogP contribution >= 0.6 is 0 Å². The first-order valence-electron chi connectivity index (χ1n) is 12.4. The molecule has 3 aromatic carbocycles. The van der Waals surface area contributed by atoms with Crippen LogP contribution < -0.4 is 14.4 Å². The molecule has 0 aromatic heterocycles. The molecule has 3 aromatic rings. The van der Waals surface area contributed by atoms with E-state index in [0.29, 0.717) is 12.3 Å². The van der Waals surface area contributed by atoms with E-state index in [2.05, 4.69) is 5.32 Å². The van der Waals surface area contributed by atoms with Crippen LogP contribution in [0.15, 0.2) is 77.7 Å². The largest absolute Gasteiger partial charge is 0.495 e. The lowest BCUT2D eigenvalue weighted by molar-refractivity contribution is -0.139. The van der Waals surface area contributed by atoms with Crippen molar-refractivity contribution in [2.24, 2.45) is 0 Å². The number of methoxy groups -OCH3 is 1. The SMILES string of the molecule is CCNC(=O)[C@@H](C)N(Cc1cccc(C)c1)C(=O)CN(c1ccccc1OC)S(=O)(=O)c1ccc(C)cc1. The van der Waals surface area contributed by atoms with Crippen LogP contribution in [-0.2, 0) is 26.2 Å². The van der Waals surface area contributed by atoms with Gasteiger partial charge in [-0.1, -0.05) is 59.7 Å². The van der Waals surface area contributed by atoms with Crippen molar-refractivity contribution in [2.45, 2.75) is 45.2 Å². The highest BCUT2D eigenvalue weighted by Crippen LogP contribution is 2.32. The molecule has 0 unspecified atom stereocenters. The first-order chi connectivity index (χ1) is 18.1. The highest BCUT2D eigenvalue weighted by Gasteiger charge is 2.33. The molecule has 8 nitrogen and oxygen atoms in total. The van der Waals surface area contributed by atoms with Crippen molar-refractivity contribution in [3.63, 3.8) is 0 Å². The molecule has 0 aliphatic rings. The smallest absolute Gasteiger partial charge is 0.264 e. The number of rotatable bonds is 11. The van der Waals surface area contributed by atoms with Gasteiger partial charge in [-0.05, 0) is 57.5 Å². The van der Waals surface area contributed by atoms with Crippen LogP contribution in [0.1, 0.15) is 30.5 Å². The van der Waals surface area contributed by atoms with Crippen LogP contribution in [0.25, 0.3) is 0 Å². The highest BCUT2D eigenvalue weighted by molar-refractivity contribution is 7.92. The van der Waals surface area contributed by atoms with E-state index >= 15 is 0 Å². The molecule has 0 bridgehead atoms. The molecule has 0 aliphatic heterocycles. The zero-order valence-corrected chi connectivity index (χ0v) is 23.3. The number of nitrogens with one attached hydrogen (secondary N) is 1. The fourth-order valence-electron chi connectivity index (χ4n) is 4.10. The fraction of sp³-hybridized carbons (Fsp3) is 0.310. The first kappa shape index (κ1) is 28.7. The molecule has 0 heterocycles. The molecule has 202 valence electrons. The number of anilines is 1. The molecule has 0 saturated heterocycles. The van der Waals surface area contributed by atoms with Crippen LogP contribution in [0.4, 0.5) is 5.69 Å². The zero-order chi connectivity index (χ0) is 27.9. The van der Waals surface area contributed by atoms with Crippen LogP contribution in [0.3, 0.4) is 0 Å². The summed E-state index contributed by atoms with van der Waals surface area (Å²) in [5.41, 5.74) is 2.98. The molecule has 0 spiro atoms. The van der Waals surface area contributed by atoms with Gasteiger partial charge in [0.15, 0.2) is 0 Å². The topological polar surface area (TPSA) is 96.0 Å². The van der Waals surface area contributed by atoms with E-state index in [4.69, 9.17) is 4.74 Å². The first-order valence-corrected chi connectivity index (χ1v) is 13.9. The highest BCUT2D eigenvalue weighted by atomic mass is 32.2. The normalized spacial score (nSPS) is 11.9. The standard InChI is InChI=1S/C29H35N3O5S/c1-6-30-29(34)23(4)31(19-24-11-9-10-22(3)18-24)28(33)20-32(26-12-7-8-13-27(26)37-5)38(35,36)25-16-14-21(2)15-17-25/h7-18,23H,6,19-20H2,1-5H3,(H,30,34)/t23-/m1/s1. The molecule has 0 radical (unpaired) electrons. The molecule has 0 fully saturated rings. The Balaban J connectivity index is 2.07. The Hall–Kier alpha value is -3.85. The van der Waals surface area contributed by atoms with Crippen LogP contribution in [-0.4, -0.2) is 51.4 Å². The summed E-state index contributed by atoms with van der Waals surface area (Å²) in [5, 5.41) is 2.76. The fourth-order valence-corrected chi connectivity index (χ4v) is 5.52. The molecule has 2 amide bonds. The van der Waals surface area contributed by atoms with Crippen molar-refractivity contribution in [1.29, 1.82) is 0 Å². The number of amides is 2. The summed E-state index contributed by atoms with van der Waals surface area (Å²) in [6.45, 7) is 7.28. The van der Waals surface area contributed by atoms with Gasteiger partial charge in [-0.3, -0.25) is 13.9 Å². The summed E-state index contributed by atoms with van der Waals surface area (Å²) in [7, 11) is -2.72. The molecular weight excluding hydrogens is 502 g/mol. The summed E-state index contributed by atoms with van der Waals surface area (Å²) in [6, 6.07) is 19.9. The Morgan fingerprint density at radius 2 is 1.63 bits per heavy atom. The predicted molar refractivity (Wildman–Crippen MR) is 149 cm³/mol. The number of aryl methyl sites for hydroxylation is 2. The second kappa shape index (κ2) is 12.6. The molecule has 0 aliphatic carbocycles. The van der Waals surface area contributed by atoms with Crippen molar-refractivity contribution < 1.29 is 22.7 Å². The quantitative estimate of drug-likeness (QED) is 0.398. The van der Waals surface area contributed by atoms with E-state index < -0.39 is 28.5 Å². The Bertz CT molecular complexity index is 1370. The number of carbonyl (C=O) groups excluding carboxylic acids is 2. The summed E-state index contributed by atoms with van der Waals surface area (Å²) >= 11 is 0. The van der Waals surface area contributed by atoms with E-state index in [1.807, 2.05) is 38.1 Å². The van der Waals surface area contributed by atoms with Gasteiger partial charge in [0.05, 0.1) is 17.7 Å². The third-order valence-corrected chi connectivity index (χ3v) is 7.97. The average molecular weight is 538 g/mol. The number of hydrogen-bond acceptors (Lipinski definition) is 5. The number of sulfonamides is 1. The van der Waals surface area contributed by atoms with Gasteiger partial charge >= 0.3 is 0 Å². The lowest BCUT2D eigenvalue weighted by Crippen LogP contribution is -2.51. The third-order valence-electron chi connectivity index (χ3n) is 6.20. The van der Waals surface area contributed by atoms with Gasteiger partial charge in [0, 0.05) is 13.1 Å². The van der Waals surface area contributed by atoms with Gasteiger partial charge in [0.25, 0.3) is 10.0 Å².